The van der Waals surface area contributed by atoms with E-state index in [1.54, 1.807) is 18.2 Å². The summed E-state index contributed by atoms with van der Waals surface area (Å²) in [5.74, 6) is 0.924. The minimum Gasteiger partial charge on any atom is -0.393 e. The Hall–Kier alpha value is -1.75. The molecule has 1 fully saturated rings. The van der Waals surface area contributed by atoms with Crippen LogP contribution in [0.2, 0.25) is 0 Å². The third kappa shape index (κ3) is 2.13. The van der Waals surface area contributed by atoms with E-state index in [0.717, 1.165) is 0 Å². The molecular formula is C13H13FN2O2. The van der Waals surface area contributed by atoms with E-state index in [1.165, 1.54) is 6.07 Å². The normalized spacial score (nSPS) is 22.8. The van der Waals surface area contributed by atoms with E-state index < -0.39 is 0 Å². The van der Waals surface area contributed by atoms with Gasteiger partial charge in [-0.2, -0.15) is 4.98 Å². The SMILES string of the molecule is OC1CC(c2nc(Cc3ccccc3F)no2)C1. The molecular weight excluding hydrogens is 235 g/mol. The van der Waals surface area contributed by atoms with Crippen LogP contribution in [0.25, 0.3) is 0 Å². The summed E-state index contributed by atoms with van der Waals surface area (Å²) in [6, 6.07) is 6.55. The minimum absolute atomic E-state index is 0.155. The zero-order valence-corrected chi connectivity index (χ0v) is 9.71. The first-order valence-corrected chi connectivity index (χ1v) is 5.96. The van der Waals surface area contributed by atoms with Gasteiger partial charge >= 0.3 is 0 Å². The van der Waals surface area contributed by atoms with Gasteiger partial charge in [0, 0.05) is 12.3 Å². The van der Waals surface area contributed by atoms with E-state index in [2.05, 4.69) is 10.1 Å². The van der Waals surface area contributed by atoms with Crippen molar-refractivity contribution in [2.75, 3.05) is 0 Å². The molecule has 94 valence electrons. The molecule has 1 N–H and O–H groups in total. The smallest absolute Gasteiger partial charge is 0.229 e. The summed E-state index contributed by atoms with van der Waals surface area (Å²) >= 11 is 0. The van der Waals surface area contributed by atoms with Gasteiger partial charge < -0.3 is 9.63 Å². The van der Waals surface area contributed by atoms with Gasteiger partial charge in [0.2, 0.25) is 5.89 Å². The molecule has 0 bridgehead atoms. The van der Waals surface area contributed by atoms with Crippen LogP contribution in [0.5, 0.6) is 0 Å². The van der Waals surface area contributed by atoms with Crippen molar-refractivity contribution < 1.29 is 14.0 Å². The molecule has 1 aliphatic carbocycles. The summed E-state index contributed by atoms with van der Waals surface area (Å²) in [6.45, 7) is 0. The highest BCUT2D eigenvalue weighted by Gasteiger charge is 2.32. The maximum atomic E-state index is 13.5. The predicted octanol–water partition coefficient (Wildman–Crippen LogP) is 2.04. The first-order valence-electron chi connectivity index (χ1n) is 5.96. The van der Waals surface area contributed by atoms with Gasteiger partial charge in [0.25, 0.3) is 0 Å². The summed E-state index contributed by atoms with van der Waals surface area (Å²) in [5.41, 5.74) is 0.554. The minimum atomic E-state index is -0.261. The number of halogens is 1. The third-order valence-electron chi connectivity index (χ3n) is 3.25. The zero-order valence-electron chi connectivity index (χ0n) is 9.71. The number of aliphatic hydroxyl groups excluding tert-OH is 1. The molecule has 0 spiro atoms. The highest BCUT2D eigenvalue weighted by Crippen LogP contribution is 2.35. The number of aliphatic hydroxyl groups is 1. The molecule has 0 aliphatic heterocycles. The Balaban J connectivity index is 1.72. The number of nitrogens with zero attached hydrogens (tertiary/aromatic N) is 2. The summed E-state index contributed by atoms with van der Waals surface area (Å²) < 4.78 is 18.6. The second-order valence-corrected chi connectivity index (χ2v) is 4.64. The lowest BCUT2D eigenvalue weighted by Crippen LogP contribution is -2.26. The lowest BCUT2D eigenvalue weighted by molar-refractivity contribution is 0.0625. The summed E-state index contributed by atoms with van der Waals surface area (Å²) in [6.07, 6.45) is 1.41. The summed E-state index contributed by atoms with van der Waals surface area (Å²) in [5, 5.41) is 13.1. The van der Waals surface area contributed by atoms with E-state index in [9.17, 15) is 9.50 Å². The lowest BCUT2D eigenvalue weighted by atomic mass is 9.82. The highest BCUT2D eigenvalue weighted by atomic mass is 19.1. The van der Waals surface area contributed by atoms with Crippen molar-refractivity contribution in [3.63, 3.8) is 0 Å². The Morgan fingerprint density at radius 1 is 1.33 bits per heavy atom. The molecule has 0 atom stereocenters. The average Bonchev–Trinajstić information content (AvgIpc) is 2.76. The first kappa shape index (κ1) is 11.3. The van der Waals surface area contributed by atoms with E-state index in [4.69, 9.17) is 4.52 Å². The van der Waals surface area contributed by atoms with Crippen molar-refractivity contribution in [1.29, 1.82) is 0 Å². The number of hydrogen-bond acceptors (Lipinski definition) is 4. The Kier molecular flexibility index (Phi) is 2.83. The van der Waals surface area contributed by atoms with Gasteiger partial charge in [-0.25, -0.2) is 4.39 Å². The van der Waals surface area contributed by atoms with Crippen LogP contribution in [0.1, 0.15) is 36.0 Å². The topological polar surface area (TPSA) is 59.2 Å². The Labute approximate surface area is 103 Å². The van der Waals surface area contributed by atoms with Crippen LogP contribution in [-0.2, 0) is 6.42 Å². The van der Waals surface area contributed by atoms with Crippen molar-refractivity contribution in [3.05, 3.63) is 47.4 Å². The van der Waals surface area contributed by atoms with E-state index >= 15 is 0 Å². The maximum Gasteiger partial charge on any atom is 0.229 e. The van der Waals surface area contributed by atoms with Crippen molar-refractivity contribution in [1.82, 2.24) is 10.1 Å². The Bertz CT molecular complexity index is 549. The second-order valence-electron chi connectivity index (χ2n) is 4.64. The lowest BCUT2D eigenvalue weighted by Gasteiger charge is -2.27. The predicted molar refractivity (Wildman–Crippen MR) is 61.5 cm³/mol. The molecule has 1 aromatic carbocycles. The van der Waals surface area contributed by atoms with Crippen LogP contribution in [-0.4, -0.2) is 21.4 Å². The molecule has 1 aromatic heterocycles. The molecule has 1 saturated carbocycles. The molecule has 1 heterocycles. The first-order chi connectivity index (χ1) is 8.72. The van der Waals surface area contributed by atoms with E-state index in [-0.39, 0.29) is 17.8 Å². The number of benzene rings is 1. The van der Waals surface area contributed by atoms with Crippen molar-refractivity contribution in [3.8, 4) is 0 Å². The number of hydrogen-bond donors (Lipinski definition) is 1. The molecule has 0 radical (unpaired) electrons. The van der Waals surface area contributed by atoms with Crippen LogP contribution in [0, 0.1) is 5.82 Å². The van der Waals surface area contributed by atoms with Crippen LogP contribution >= 0.6 is 0 Å². The van der Waals surface area contributed by atoms with Crippen LogP contribution in [0.15, 0.2) is 28.8 Å². The molecule has 18 heavy (non-hydrogen) atoms. The molecule has 1 aliphatic rings. The van der Waals surface area contributed by atoms with Gasteiger partial charge in [0.15, 0.2) is 5.82 Å². The largest absolute Gasteiger partial charge is 0.393 e. The molecule has 5 heteroatoms. The van der Waals surface area contributed by atoms with Gasteiger partial charge in [-0.1, -0.05) is 23.4 Å². The second kappa shape index (κ2) is 4.49. The van der Waals surface area contributed by atoms with Gasteiger partial charge in [0.1, 0.15) is 5.82 Å². The fourth-order valence-corrected chi connectivity index (χ4v) is 2.11. The number of aromatic nitrogens is 2. The van der Waals surface area contributed by atoms with Gasteiger partial charge in [-0.15, -0.1) is 0 Å². The Morgan fingerprint density at radius 3 is 2.83 bits per heavy atom. The third-order valence-corrected chi connectivity index (χ3v) is 3.25. The van der Waals surface area contributed by atoms with Crippen molar-refractivity contribution in [2.45, 2.75) is 31.3 Å². The molecule has 0 saturated heterocycles. The monoisotopic (exact) mass is 248 g/mol. The molecule has 0 unspecified atom stereocenters. The number of rotatable bonds is 3. The summed E-state index contributed by atoms with van der Waals surface area (Å²) in [4.78, 5) is 4.25. The van der Waals surface area contributed by atoms with Gasteiger partial charge in [-0.3, -0.25) is 0 Å². The standard InChI is InChI=1S/C13H13FN2O2/c14-11-4-2-1-3-8(11)7-12-15-13(18-16-12)9-5-10(17)6-9/h1-4,9-10,17H,5-7H2. The Morgan fingerprint density at radius 2 is 2.11 bits per heavy atom. The fraction of sp³-hybridized carbons (Fsp3) is 0.385. The zero-order chi connectivity index (χ0) is 12.5. The molecule has 0 amide bonds. The highest BCUT2D eigenvalue weighted by molar-refractivity contribution is 5.20. The van der Waals surface area contributed by atoms with Gasteiger partial charge in [0.05, 0.1) is 6.10 Å². The molecule has 4 nitrogen and oxygen atoms in total. The van der Waals surface area contributed by atoms with Crippen molar-refractivity contribution >= 4 is 0 Å². The van der Waals surface area contributed by atoms with Crippen molar-refractivity contribution in [2.24, 2.45) is 0 Å². The quantitative estimate of drug-likeness (QED) is 0.903. The van der Waals surface area contributed by atoms with E-state index in [1.807, 2.05) is 0 Å². The van der Waals surface area contributed by atoms with E-state index in [0.29, 0.717) is 36.5 Å². The summed E-state index contributed by atoms with van der Waals surface area (Å²) in [7, 11) is 0. The average molecular weight is 248 g/mol. The van der Waals surface area contributed by atoms with Crippen LogP contribution in [0.3, 0.4) is 0 Å². The molecule has 3 rings (SSSR count). The maximum absolute atomic E-state index is 13.5. The van der Waals surface area contributed by atoms with Crippen LogP contribution in [0.4, 0.5) is 4.39 Å². The van der Waals surface area contributed by atoms with Crippen LogP contribution < -0.4 is 0 Å². The van der Waals surface area contributed by atoms with Gasteiger partial charge in [-0.05, 0) is 24.5 Å². The fourth-order valence-electron chi connectivity index (χ4n) is 2.11. The molecule has 2 aromatic rings.